The van der Waals surface area contributed by atoms with E-state index < -0.39 is 29.9 Å². The molecule has 3 aromatic rings. The Bertz CT molecular complexity index is 1340. The van der Waals surface area contributed by atoms with Gasteiger partial charge in [0.05, 0.1) is 32.0 Å². The van der Waals surface area contributed by atoms with Gasteiger partial charge in [-0.1, -0.05) is 18.2 Å². The normalized spacial score (nSPS) is 22.4. The monoisotopic (exact) mass is 476 g/mol. The highest BCUT2D eigenvalue weighted by atomic mass is 16.5. The molecule has 0 radical (unpaired) electrons. The first-order valence-electron chi connectivity index (χ1n) is 11.2. The standard InChI is InChI=1S/C25H24N4O6/c1-34-20-6-4-3-5-14(20)15-7-8-19-21-16(12-28(19)23(15)31)17(13-30)22(25(33)35-2)29(21)24(32)18-11-26-9-10-27-18/h3-11,16-17,21-22,30H,12-13H2,1-2H3/t16-,17-,21+,22-/m1/s1. The number of hydrogen-bond donors (Lipinski definition) is 1. The molecule has 2 aromatic heterocycles. The number of aliphatic hydroxyl groups excluding tert-OH is 1. The molecule has 2 aliphatic rings. The summed E-state index contributed by atoms with van der Waals surface area (Å²) in [6, 6.07) is 9.10. The number of pyridine rings is 1. The summed E-state index contributed by atoms with van der Waals surface area (Å²) in [5.74, 6) is -1.57. The number of hydrogen-bond acceptors (Lipinski definition) is 8. The number of nitrogens with zero attached hydrogens (tertiary/aromatic N) is 4. The van der Waals surface area contributed by atoms with Gasteiger partial charge >= 0.3 is 5.97 Å². The Morgan fingerprint density at radius 2 is 1.91 bits per heavy atom. The minimum atomic E-state index is -1.02. The number of likely N-dealkylation sites (tertiary alicyclic amines) is 1. The molecule has 1 amide bonds. The van der Waals surface area contributed by atoms with E-state index in [1.807, 2.05) is 18.2 Å². The summed E-state index contributed by atoms with van der Waals surface area (Å²) in [4.78, 5) is 49.4. The van der Waals surface area contributed by atoms with E-state index in [4.69, 9.17) is 9.47 Å². The number of aromatic nitrogens is 3. The van der Waals surface area contributed by atoms with Crippen molar-refractivity contribution in [2.45, 2.75) is 18.6 Å². The smallest absolute Gasteiger partial charge is 0.329 e. The molecular formula is C25H24N4O6. The SMILES string of the molecule is COC(=O)[C@H]1[C@H](CO)[C@H]2Cn3c(ccc(-c4ccccc4OC)c3=O)[C@H]2N1C(=O)c1cnccn1. The van der Waals surface area contributed by atoms with Gasteiger partial charge in [0.15, 0.2) is 0 Å². The number of rotatable bonds is 5. The Labute approximate surface area is 200 Å². The number of amides is 1. The zero-order valence-corrected chi connectivity index (χ0v) is 19.2. The van der Waals surface area contributed by atoms with Gasteiger partial charge in [-0.2, -0.15) is 0 Å². The van der Waals surface area contributed by atoms with Crippen LogP contribution in [0.4, 0.5) is 0 Å². The maximum Gasteiger partial charge on any atom is 0.329 e. The van der Waals surface area contributed by atoms with E-state index in [0.29, 0.717) is 22.6 Å². The summed E-state index contributed by atoms with van der Waals surface area (Å²) >= 11 is 0. The fourth-order valence-corrected chi connectivity index (χ4v) is 5.41. The Morgan fingerprint density at radius 3 is 2.60 bits per heavy atom. The lowest BCUT2D eigenvalue weighted by Gasteiger charge is -2.29. The van der Waals surface area contributed by atoms with Crippen molar-refractivity contribution in [3.63, 3.8) is 0 Å². The maximum atomic E-state index is 13.6. The fourth-order valence-electron chi connectivity index (χ4n) is 5.41. The summed E-state index contributed by atoms with van der Waals surface area (Å²) in [6.07, 6.45) is 4.16. The molecule has 1 N–H and O–H groups in total. The molecule has 1 saturated heterocycles. The van der Waals surface area contributed by atoms with Crippen LogP contribution in [0.2, 0.25) is 0 Å². The van der Waals surface area contributed by atoms with Crippen molar-refractivity contribution in [2.24, 2.45) is 11.8 Å². The van der Waals surface area contributed by atoms with Crippen LogP contribution in [-0.4, -0.2) is 63.3 Å². The second-order valence-corrected chi connectivity index (χ2v) is 8.51. The first-order valence-corrected chi connectivity index (χ1v) is 11.2. The molecule has 10 nitrogen and oxygen atoms in total. The van der Waals surface area contributed by atoms with Gasteiger partial charge in [-0.25, -0.2) is 9.78 Å². The molecule has 4 atom stereocenters. The number of ether oxygens (including phenoxy) is 2. The summed E-state index contributed by atoms with van der Waals surface area (Å²) in [5, 5.41) is 10.3. The van der Waals surface area contributed by atoms with Crippen LogP contribution in [0, 0.1) is 11.8 Å². The predicted molar refractivity (Wildman–Crippen MR) is 124 cm³/mol. The highest BCUT2D eigenvalue weighted by Crippen LogP contribution is 2.50. The van der Waals surface area contributed by atoms with Crippen molar-refractivity contribution in [3.8, 4) is 16.9 Å². The van der Waals surface area contributed by atoms with E-state index in [0.717, 1.165) is 0 Å². The zero-order chi connectivity index (χ0) is 24.7. The summed E-state index contributed by atoms with van der Waals surface area (Å²) in [6.45, 7) is -0.113. The number of methoxy groups -OCH3 is 2. The number of aliphatic hydroxyl groups is 1. The van der Waals surface area contributed by atoms with Gasteiger partial charge < -0.3 is 24.0 Å². The third-order valence-electron chi connectivity index (χ3n) is 6.93. The van der Waals surface area contributed by atoms with Gasteiger partial charge in [-0.05, 0) is 18.2 Å². The number of fused-ring (bicyclic) bond motifs is 3. The molecule has 0 spiro atoms. The van der Waals surface area contributed by atoms with Gasteiger partial charge in [0.25, 0.3) is 11.5 Å². The largest absolute Gasteiger partial charge is 0.496 e. The van der Waals surface area contributed by atoms with Crippen molar-refractivity contribution < 1.29 is 24.2 Å². The highest BCUT2D eigenvalue weighted by Gasteiger charge is 2.58. The quantitative estimate of drug-likeness (QED) is 0.547. The van der Waals surface area contributed by atoms with E-state index in [-0.39, 0.29) is 30.3 Å². The van der Waals surface area contributed by atoms with Crippen LogP contribution in [0.15, 0.2) is 59.8 Å². The molecule has 0 aliphatic carbocycles. The lowest BCUT2D eigenvalue weighted by Crippen LogP contribution is -2.46. The number of carbonyl (C=O) groups excluding carboxylic acids is 2. The molecule has 5 rings (SSSR count). The van der Waals surface area contributed by atoms with E-state index >= 15 is 0 Å². The first kappa shape index (κ1) is 22.7. The third kappa shape index (κ3) is 3.48. The second kappa shape index (κ2) is 8.95. The van der Waals surface area contributed by atoms with Crippen LogP contribution in [0.5, 0.6) is 5.75 Å². The van der Waals surface area contributed by atoms with Crippen molar-refractivity contribution >= 4 is 11.9 Å². The highest BCUT2D eigenvalue weighted by molar-refractivity contribution is 5.96. The lowest BCUT2D eigenvalue weighted by atomic mass is 9.88. The van der Waals surface area contributed by atoms with Crippen LogP contribution >= 0.6 is 0 Å². The van der Waals surface area contributed by atoms with Gasteiger partial charge in [-0.3, -0.25) is 14.6 Å². The van der Waals surface area contributed by atoms with Crippen molar-refractivity contribution in [1.29, 1.82) is 0 Å². The average Bonchev–Trinajstić information content (AvgIpc) is 3.43. The fraction of sp³-hybridized carbons (Fsp3) is 0.320. The first-order chi connectivity index (χ1) is 17.0. The molecule has 0 bridgehead atoms. The van der Waals surface area contributed by atoms with Gasteiger partial charge in [0.2, 0.25) is 0 Å². The molecule has 10 heteroatoms. The predicted octanol–water partition coefficient (Wildman–Crippen LogP) is 1.29. The summed E-state index contributed by atoms with van der Waals surface area (Å²) in [5.41, 5.74) is 1.53. The van der Waals surface area contributed by atoms with Gasteiger partial charge in [0, 0.05) is 48.6 Å². The van der Waals surface area contributed by atoms with Crippen molar-refractivity contribution in [1.82, 2.24) is 19.4 Å². The number of esters is 1. The molecule has 0 unspecified atom stereocenters. The summed E-state index contributed by atoms with van der Waals surface area (Å²) in [7, 11) is 2.79. The average molecular weight is 476 g/mol. The number of para-hydroxylation sites is 1. The topological polar surface area (TPSA) is 124 Å². The van der Waals surface area contributed by atoms with Crippen LogP contribution in [0.25, 0.3) is 11.1 Å². The maximum absolute atomic E-state index is 13.6. The molecular weight excluding hydrogens is 452 g/mol. The van der Waals surface area contributed by atoms with E-state index in [2.05, 4.69) is 9.97 Å². The summed E-state index contributed by atoms with van der Waals surface area (Å²) < 4.78 is 12.0. The van der Waals surface area contributed by atoms with Crippen LogP contribution in [0.3, 0.4) is 0 Å². The Balaban J connectivity index is 1.65. The minimum absolute atomic E-state index is 0.0604. The van der Waals surface area contributed by atoms with Gasteiger partial charge in [-0.15, -0.1) is 0 Å². The molecule has 1 aromatic carbocycles. The molecule has 0 saturated carbocycles. The molecule has 1 fully saturated rings. The molecule has 4 heterocycles. The molecule has 180 valence electrons. The van der Waals surface area contributed by atoms with Crippen molar-refractivity contribution in [3.05, 3.63) is 76.7 Å². The van der Waals surface area contributed by atoms with Crippen LogP contribution in [-0.2, 0) is 16.1 Å². The minimum Gasteiger partial charge on any atom is -0.496 e. The Hall–Kier alpha value is -4.05. The lowest BCUT2D eigenvalue weighted by molar-refractivity contribution is -0.147. The van der Waals surface area contributed by atoms with E-state index in [9.17, 15) is 19.5 Å². The molecule has 35 heavy (non-hydrogen) atoms. The van der Waals surface area contributed by atoms with Crippen LogP contribution in [0.1, 0.15) is 22.2 Å². The second-order valence-electron chi connectivity index (χ2n) is 8.51. The number of carbonyl (C=O) groups is 2. The van der Waals surface area contributed by atoms with Crippen molar-refractivity contribution in [2.75, 3.05) is 20.8 Å². The number of benzene rings is 1. The Morgan fingerprint density at radius 1 is 1.11 bits per heavy atom. The van der Waals surface area contributed by atoms with Crippen LogP contribution < -0.4 is 10.3 Å². The third-order valence-corrected chi connectivity index (χ3v) is 6.93. The zero-order valence-electron chi connectivity index (χ0n) is 19.2. The van der Waals surface area contributed by atoms with E-state index in [1.165, 1.54) is 30.6 Å². The van der Waals surface area contributed by atoms with Gasteiger partial charge in [0.1, 0.15) is 17.5 Å². The molecule has 2 aliphatic heterocycles. The van der Waals surface area contributed by atoms with E-state index in [1.54, 1.807) is 29.9 Å². The Kier molecular flexibility index (Phi) is 5.81.